The van der Waals surface area contributed by atoms with Gasteiger partial charge in [0.1, 0.15) is 21.0 Å². The zero-order chi connectivity index (χ0) is 15.7. The lowest BCUT2D eigenvalue weighted by atomic mass is 10.1. The van der Waals surface area contributed by atoms with Gasteiger partial charge in [0.2, 0.25) is 0 Å². The Hall–Kier alpha value is 0.284. The molecular formula is C16H42FNOSi2. The van der Waals surface area contributed by atoms with Crippen LogP contribution < -0.4 is 4.70 Å². The van der Waals surface area contributed by atoms with Gasteiger partial charge in [-0.2, -0.15) is 0 Å². The van der Waals surface area contributed by atoms with E-state index in [1.54, 1.807) is 0 Å². The van der Waals surface area contributed by atoms with Crippen molar-refractivity contribution in [1.29, 1.82) is 0 Å². The molecule has 0 N–H and O–H groups in total. The number of quaternary nitrogens is 1. The molecule has 2 nitrogen and oxygen atoms in total. The predicted octanol–water partition coefficient (Wildman–Crippen LogP) is -0.429. The highest BCUT2D eigenvalue weighted by molar-refractivity contribution is 6.15. The van der Waals surface area contributed by atoms with Crippen molar-refractivity contribution >= 4 is 21.0 Å². The molecule has 0 aliphatic heterocycles. The van der Waals surface area contributed by atoms with Crippen LogP contribution in [0.2, 0.25) is 0 Å². The van der Waals surface area contributed by atoms with Crippen LogP contribution in [0.15, 0.2) is 0 Å². The van der Waals surface area contributed by atoms with Gasteiger partial charge in [-0.25, -0.2) is 0 Å². The van der Waals surface area contributed by atoms with Crippen LogP contribution in [0.3, 0.4) is 0 Å². The van der Waals surface area contributed by atoms with E-state index in [9.17, 15) is 0 Å². The number of halogens is 1. The van der Waals surface area contributed by atoms with Gasteiger partial charge >= 0.3 is 0 Å². The molecule has 0 aliphatic carbocycles. The van der Waals surface area contributed by atoms with Crippen LogP contribution in [-0.2, 0) is 4.12 Å². The summed E-state index contributed by atoms with van der Waals surface area (Å²) in [5, 5.41) is 0. The number of rotatable bonds is 12. The van der Waals surface area contributed by atoms with E-state index < -0.39 is 0 Å². The molecule has 0 aliphatic rings. The Morgan fingerprint density at radius 2 is 0.810 bits per heavy atom. The lowest BCUT2D eigenvalue weighted by molar-refractivity contribution is -0.929. The van der Waals surface area contributed by atoms with Gasteiger partial charge in [-0.3, -0.25) is 0 Å². The van der Waals surface area contributed by atoms with Gasteiger partial charge < -0.3 is 13.3 Å². The maximum absolute atomic E-state index is 4.53. The second-order valence-corrected chi connectivity index (χ2v) is 9.32. The fourth-order valence-electron chi connectivity index (χ4n) is 2.64. The Balaban J connectivity index is -0.000000740. The van der Waals surface area contributed by atoms with Crippen LogP contribution in [0.5, 0.6) is 0 Å². The van der Waals surface area contributed by atoms with Gasteiger partial charge in [0.05, 0.1) is 26.2 Å². The molecule has 0 radical (unpaired) electrons. The maximum Gasteiger partial charge on any atom is 0.129 e. The first-order chi connectivity index (χ1) is 9.66. The Kier molecular flexibility index (Phi) is 25.3. The number of nitrogens with zero attached hydrogens (tertiary/aromatic N) is 1. The van der Waals surface area contributed by atoms with E-state index in [2.05, 4.69) is 31.8 Å². The summed E-state index contributed by atoms with van der Waals surface area (Å²) in [5.41, 5.74) is 0. The topological polar surface area (TPSA) is 9.23 Å². The number of hydrogen-bond acceptors (Lipinski definition) is 1. The van der Waals surface area contributed by atoms with Gasteiger partial charge in [-0.15, -0.1) is 0 Å². The molecule has 0 saturated carbocycles. The van der Waals surface area contributed by atoms with Crippen LogP contribution in [0.4, 0.5) is 0 Å². The molecule has 0 atom stereocenters. The van der Waals surface area contributed by atoms with Crippen molar-refractivity contribution in [1.82, 2.24) is 0 Å². The number of hydrogen-bond donors (Lipinski definition) is 0. The normalized spacial score (nSPS) is 10.9. The van der Waals surface area contributed by atoms with Crippen molar-refractivity contribution < 1.29 is 13.3 Å². The minimum atomic E-state index is 0. The highest BCUT2D eigenvalue weighted by Gasteiger charge is 2.24. The Morgan fingerprint density at radius 3 is 0.952 bits per heavy atom. The molecule has 0 rings (SSSR count). The van der Waals surface area contributed by atoms with E-state index >= 15 is 0 Å². The van der Waals surface area contributed by atoms with Crippen LogP contribution in [0.25, 0.3) is 0 Å². The average molecular weight is 340 g/mol. The zero-order valence-electron chi connectivity index (χ0n) is 15.7. The van der Waals surface area contributed by atoms with E-state index in [-0.39, 0.29) is 4.70 Å². The quantitative estimate of drug-likeness (QED) is 0.346. The molecule has 132 valence electrons. The van der Waals surface area contributed by atoms with Crippen molar-refractivity contribution in [3.63, 3.8) is 0 Å². The van der Waals surface area contributed by atoms with E-state index in [0.29, 0.717) is 0 Å². The van der Waals surface area contributed by atoms with E-state index in [0.717, 1.165) is 21.0 Å². The minimum Gasteiger partial charge on any atom is -1.00 e. The standard InChI is InChI=1S/C16H36N.FH.H6OSi2/c1-5-9-13-17(14-10-6-2,15-11-7-3)16-12-8-4;;2-1-3/h5-16H2,1-4H3;1H;2-3H3/q+1;;/p-1. The third kappa shape index (κ3) is 16.5. The van der Waals surface area contributed by atoms with Crippen LogP contribution >= 0.6 is 0 Å². The lowest BCUT2D eigenvalue weighted by Crippen LogP contribution is -3.00. The average Bonchev–Trinajstić information content (AvgIpc) is 2.46. The molecule has 0 spiro atoms. The van der Waals surface area contributed by atoms with Crippen LogP contribution in [0.1, 0.15) is 79.1 Å². The molecule has 0 amide bonds. The van der Waals surface area contributed by atoms with Gasteiger partial charge in [0.15, 0.2) is 0 Å². The molecular weight excluding hydrogens is 297 g/mol. The van der Waals surface area contributed by atoms with Crippen molar-refractivity contribution in [3.05, 3.63) is 0 Å². The van der Waals surface area contributed by atoms with Crippen molar-refractivity contribution in [2.24, 2.45) is 0 Å². The van der Waals surface area contributed by atoms with Crippen LogP contribution in [-0.4, -0.2) is 51.6 Å². The second kappa shape index (κ2) is 20.3. The van der Waals surface area contributed by atoms with Gasteiger partial charge in [0, 0.05) is 0 Å². The van der Waals surface area contributed by atoms with Crippen molar-refractivity contribution in [3.8, 4) is 0 Å². The van der Waals surface area contributed by atoms with E-state index in [4.69, 9.17) is 0 Å². The maximum atomic E-state index is 4.53. The summed E-state index contributed by atoms with van der Waals surface area (Å²) in [7, 11) is 1.86. The van der Waals surface area contributed by atoms with Gasteiger partial charge in [-0.05, 0) is 25.7 Å². The fraction of sp³-hybridized carbons (Fsp3) is 1.00. The van der Waals surface area contributed by atoms with Crippen molar-refractivity contribution in [2.75, 3.05) is 26.2 Å². The zero-order valence-corrected chi connectivity index (χ0v) is 19.7. The number of unbranched alkanes of at least 4 members (excludes halogenated alkanes) is 4. The molecule has 0 aromatic heterocycles. The summed E-state index contributed by atoms with van der Waals surface area (Å²) in [6.07, 6.45) is 11.1. The first kappa shape index (κ1) is 26.2. The molecule has 0 heterocycles. The molecule has 0 fully saturated rings. The summed E-state index contributed by atoms with van der Waals surface area (Å²) in [6.45, 7) is 15.0. The molecule has 0 saturated heterocycles. The molecule has 0 aromatic carbocycles. The van der Waals surface area contributed by atoms with Crippen molar-refractivity contribution in [2.45, 2.75) is 79.1 Å². The summed E-state index contributed by atoms with van der Waals surface area (Å²) < 4.78 is 5.95. The van der Waals surface area contributed by atoms with Gasteiger partial charge in [-0.1, -0.05) is 53.4 Å². The van der Waals surface area contributed by atoms with E-state index in [1.807, 2.05) is 0 Å². The summed E-state index contributed by atoms with van der Waals surface area (Å²) in [6, 6.07) is 0. The van der Waals surface area contributed by atoms with Crippen LogP contribution in [0, 0.1) is 0 Å². The molecule has 0 aromatic rings. The molecule has 0 bridgehead atoms. The Bertz CT molecular complexity index is 148. The monoisotopic (exact) mass is 339 g/mol. The summed E-state index contributed by atoms with van der Waals surface area (Å²) in [4.78, 5) is 0. The third-order valence-corrected chi connectivity index (χ3v) is 3.94. The fourth-order valence-corrected chi connectivity index (χ4v) is 2.64. The Morgan fingerprint density at radius 1 is 0.619 bits per heavy atom. The molecule has 5 heteroatoms. The summed E-state index contributed by atoms with van der Waals surface area (Å²) in [5.74, 6) is 0. The first-order valence-electron chi connectivity index (χ1n) is 8.91. The van der Waals surface area contributed by atoms with E-state index in [1.165, 1.54) is 82.0 Å². The SMILES string of the molecule is CCCC[N+](CCCC)(CCCC)CCCC.[F-].[SiH3]O[SiH3]. The molecule has 0 unspecified atom stereocenters. The highest BCUT2D eigenvalue weighted by Crippen LogP contribution is 2.16. The smallest absolute Gasteiger partial charge is 0.129 e. The highest BCUT2D eigenvalue weighted by atomic mass is 28.3. The Labute approximate surface area is 140 Å². The largest absolute Gasteiger partial charge is 1.00 e. The third-order valence-electron chi connectivity index (χ3n) is 3.94. The second-order valence-electron chi connectivity index (χ2n) is 6.06. The first-order valence-corrected chi connectivity index (χ1v) is 10.5. The summed E-state index contributed by atoms with van der Waals surface area (Å²) >= 11 is 0. The molecule has 21 heavy (non-hydrogen) atoms. The lowest BCUT2D eigenvalue weighted by Gasteiger charge is -2.39. The minimum absolute atomic E-state index is 0. The van der Waals surface area contributed by atoms with Gasteiger partial charge in [0.25, 0.3) is 0 Å². The predicted molar refractivity (Wildman–Crippen MR) is 100 cm³/mol.